The van der Waals surface area contributed by atoms with Gasteiger partial charge in [0.1, 0.15) is 13.2 Å². The number of phosphoric ester groups is 1. The molecule has 0 aromatic heterocycles. The van der Waals surface area contributed by atoms with Gasteiger partial charge in [-0.15, -0.1) is 0 Å². The van der Waals surface area contributed by atoms with Gasteiger partial charge in [-0.3, -0.25) is 13.8 Å². The molecule has 77 heavy (non-hydrogen) atoms. The normalized spacial score (nSPS) is 13.8. The van der Waals surface area contributed by atoms with Crippen LogP contribution in [-0.2, 0) is 18.4 Å². The lowest BCUT2D eigenvalue weighted by Crippen LogP contribution is -2.45. The number of aliphatic hydroxyl groups is 1. The first kappa shape index (κ1) is 76.0. The highest BCUT2D eigenvalue weighted by Gasteiger charge is 2.28. The molecule has 458 valence electrons. The van der Waals surface area contributed by atoms with E-state index in [0.717, 1.165) is 32.1 Å². The summed E-state index contributed by atoms with van der Waals surface area (Å²) >= 11 is 0. The second kappa shape index (κ2) is 59.6. The Morgan fingerprint density at radius 2 is 0.701 bits per heavy atom. The van der Waals surface area contributed by atoms with Crippen LogP contribution >= 0.6 is 7.82 Å². The highest BCUT2D eigenvalue weighted by molar-refractivity contribution is 7.47. The molecule has 0 fully saturated rings. The van der Waals surface area contributed by atoms with Gasteiger partial charge in [0.05, 0.1) is 39.9 Å². The van der Waals surface area contributed by atoms with Gasteiger partial charge in [-0.2, -0.15) is 0 Å². The minimum Gasteiger partial charge on any atom is -0.387 e. The maximum absolute atomic E-state index is 13.0. The van der Waals surface area contributed by atoms with Gasteiger partial charge in [-0.05, 0) is 44.9 Å². The van der Waals surface area contributed by atoms with E-state index >= 15 is 0 Å². The van der Waals surface area contributed by atoms with Crippen LogP contribution in [0.3, 0.4) is 0 Å². The number of aliphatic hydroxyl groups excluding tert-OH is 1. The fourth-order valence-electron chi connectivity index (χ4n) is 10.6. The van der Waals surface area contributed by atoms with Gasteiger partial charge in [0.2, 0.25) is 5.91 Å². The van der Waals surface area contributed by atoms with Crippen LogP contribution in [0.15, 0.2) is 24.3 Å². The number of carbonyl (C=O) groups excluding carboxylic acids is 1. The van der Waals surface area contributed by atoms with E-state index in [1.165, 1.54) is 302 Å². The summed E-state index contributed by atoms with van der Waals surface area (Å²) < 4.78 is 23.8. The van der Waals surface area contributed by atoms with Crippen LogP contribution in [0.25, 0.3) is 0 Å². The summed E-state index contributed by atoms with van der Waals surface area (Å²) in [6.07, 6.45) is 77.5. The van der Waals surface area contributed by atoms with Crippen molar-refractivity contribution in [3.05, 3.63) is 24.3 Å². The molecule has 1 amide bonds. The van der Waals surface area contributed by atoms with Crippen LogP contribution in [0.5, 0.6) is 0 Å². The fourth-order valence-corrected chi connectivity index (χ4v) is 11.3. The minimum atomic E-state index is -4.35. The number of allylic oxidation sites excluding steroid dienone is 3. The molecule has 0 saturated carbocycles. The molecule has 0 rings (SSSR count). The molecule has 0 spiro atoms. The molecule has 9 heteroatoms. The van der Waals surface area contributed by atoms with Crippen molar-refractivity contribution in [2.75, 3.05) is 40.9 Å². The second-order valence-corrected chi connectivity index (χ2v) is 26.4. The van der Waals surface area contributed by atoms with Crippen molar-refractivity contribution in [1.29, 1.82) is 0 Å². The lowest BCUT2D eigenvalue weighted by molar-refractivity contribution is -0.870. The first-order chi connectivity index (χ1) is 37.5. The summed E-state index contributed by atoms with van der Waals surface area (Å²) in [5, 5.41) is 14.0. The van der Waals surface area contributed by atoms with Gasteiger partial charge in [-0.25, -0.2) is 4.57 Å². The Labute approximate surface area is 481 Å². The molecule has 0 radical (unpaired) electrons. The molecule has 3 N–H and O–H groups in total. The van der Waals surface area contributed by atoms with Crippen molar-refractivity contribution in [1.82, 2.24) is 5.32 Å². The zero-order chi connectivity index (χ0) is 56.3. The standard InChI is InChI=1S/C68H135N2O6P/c1-6-8-10-12-14-16-18-20-22-24-26-28-30-31-32-33-34-35-36-37-38-39-40-42-44-46-48-50-52-54-56-58-60-62-68(72)69-66(65-76-77(73,74)75-64-63-70(3,4)5)67(71)61-59-57-55-53-51-49-47-45-43-41-29-27-25-23-21-19-17-15-13-11-9-7-2/h24,26,59,61,66-67,71H,6-23,25,27-58,60,62-65H2,1-5H3,(H-,69,72,73,74)/p+1/b26-24-,61-59+. The first-order valence-electron chi connectivity index (χ1n) is 34.2. The first-order valence-corrected chi connectivity index (χ1v) is 35.7. The number of nitrogens with zero attached hydrogens (tertiary/aromatic N) is 1. The Hall–Kier alpha value is -1.02. The third-order valence-electron chi connectivity index (χ3n) is 15.9. The van der Waals surface area contributed by atoms with Crippen molar-refractivity contribution >= 4 is 13.7 Å². The van der Waals surface area contributed by atoms with Crippen molar-refractivity contribution in [2.45, 2.75) is 366 Å². The number of rotatable bonds is 64. The Bertz CT molecular complexity index is 1300. The molecular formula is C68H136N2O6P+. The Morgan fingerprint density at radius 3 is 1.00 bits per heavy atom. The van der Waals surface area contributed by atoms with Crippen molar-refractivity contribution in [3.8, 4) is 0 Å². The molecule has 0 aliphatic rings. The number of amides is 1. The molecule has 0 aliphatic heterocycles. The Balaban J connectivity index is 4.01. The van der Waals surface area contributed by atoms with E-state index in [1.807, 2.05) is 27.2 Å². The lowest BCUT2D eigenvalue weighted by Gasteiger charge is -2.25. The van der Waals surface area contributed by atoms with Crippen molar-refractivity contribution in [3.63, 3.8) is 0 Å². The molecule has 0 aromatic rings. The SMILES string of the molecule is CCCCCCCCCC/C=C\CCCCCCCCCCCCCCCCCCCCCCCC(=O)NC(COP(=O)(O)OCC[N+](C)(C)C)C(O)/C=C/CCCCCCCCCCCCCCCCCCCCCC. The van der Waals surface area contributed by atoms with E-state index in [0.29, 0.717) is 17.4 Å². The van der Waals surface area contributed by atoms with Crippen LogP contribution in [0.4, 0.5) is 0 Å². The molecular weight excluding hydrogens is 972 g/mol. The predicted octanol–water partition coefficient (Wildman–Crippen LogP) is 21.5. The molecule has 0 bridgehead atoms. The topological polar surface area (TPSA) is 105 Å². The van der Waals surface area contributed by atoms with E-state index in [-0.39, 0.29) is 19.1 Å². The number of hydrogen-bond donors (Lipinski definition) is 3. The molecule has 0 aliphatic carbocycles. The maximum atomic E-state index is 13.0. The number of carbonyl (C=O) groups is 1. The smallest absolute Gasteiger partial charge is 0.387 e. The molecule has 8 nitrogen and oxygen atoms in total. The van der Waals surface area contributed by atoms with Crippen molar-refractivity contribution < 1.29 is 32.9 Å². The summed E-state index contributed by atoms with van der Waals surface area (Å²) in [6.45, 7) is 4.88. The number of likely N-dealkylation sites (N-methyl/N-ethyl adjacent to an activating group) is 1. The van der Waals surface area contributed by atoms with Gasteiger partial charge in [-0.1, -0.05) is 327 Å². The third-order valence-corrected chi connectivity index (χ3v) is 16.9. The van der Waals surface area contributed by atoms with Crippen LogP contribution < -0.4 is 5.32 Å². The van der Waals surface area contributed by atoms with Gasteiger partial charge in [0.15, 0.2) is 0 Å². The van der Waals surface area contributed by atoms with E-state index in [1.54, 1.807) is 6.08 Å². The third kappa shape index (κ3) is 62.4. The van der Waals surface area contributed by atoms with Crippen LogP contribution in [0, 0.1) is 0 Å². The Morgan fingerprint density at radius 1 is 0.429 bits per heavy atom. The monoisotopic (exact) mass is 1110 g/mol. The number of hydrogen-bond acceptors (Lipinski definition) is 5. The summed E-state index contributed by atoms with van der Waals surface area (Å²) in [4.78, 5) is 23.4. The van der Waals surface area contributed by atoms with Gasteiger partial charge in [0, 0.05) is 6.42 Å². The summed E-state index contributed by atoms with van der Waals surface area (Å²) in [6, 6.07) is -0.845. The van der Waals surface area contributed by atoms with E-state index in [4.69, 9.17) is 9.05 Å². The largest absolute Gasteiger partial charge is 0.472 e. The molecule has 0 aromatic carbocycles. The summed E-state index contributed by atoms with van der Waals surface area (Å²) in [5.41, 5.74) is 0. The highest BCUT2D eigenvalue weighted by atomic mass is 31.2. The number of quaternary nitrogens is 1. The van der Waals surface area contributed by atoms with Gasteiger partial charge >= 0.3 is 7.82 Å². The van der Waals surface area contributed by atoms with Crippen molar-refractivity contribution in [2.24, 2.45) is 0 Å². The average Bonchev–Trinajstić information content (AvgIpc) is 3.39. The summed E-state index contributed by atoms with van der Waals surface area (Å²) in [5.74, 6) is -0.169. The second-order valence-electron chi connectivity index (χ2n) is 24.9. The van der Waals surface area contributed by atoms with Crippen LogP contribution in [0.1, 0.15) is 354 Å². The van der Waals surface area contributed by atoms with Crippen LogP contribution in [-0.4, -0.2) is 73.4 Å². The highest BCUT2D eigenvalue weighted by Crippen LogP contribution is 2.43. The van der Waals surface area contributed by atoms with Gasteiger partial charge in [0.25, 0.3) is 0 Å². The average molecular weight is 1110 g/mol. The number of unbranched alkanes of at least 4 members (excludes halogenated alkanes) is 49. The maximum Gasteiger partial charge on any atom is 0.472 e. The molecule has 3 atom stereocenters. The van der Waals surface area contributed by atoms with E-state index in [9.17, 15) is 19.4 Å². The number of nitrogens with one attached hydrogen (secondary N) is 1. The lowest BCUT2D eigenvalue weighted by atomic mass is 10.0. The number of phosphoric acid groups is 1. The molecule has 0 saturated heterocycles. The molecule has 3 unspecified atom stereocenters. The molecule has 0 heterocycles. The predicted molar refractivity (Wildman–Crippen MR) is 337 cm³/mol. The summed E-state index contributed by atoms with van der Waals surface area (Å²) in [7, 11) is 1.59. The van der Waals surface area contributed by atoms with E-state index < -0.39 is 20.0 Å². The van der Waals surface area contributed by atoms with Gasteiger partial charge < -0.3 is 19.8 Å². The quantitative estimate of drug-likeness (QED) is 0.0243. The minimum absolute atomic E-state index is 0.0645. The zero-order valence-corrected chi connectivity index (χ0v) is 53.4. The Kier molecular flexibility index (Phi) is 58.8. The van der Waals surface area contributed by atoms with E-state index in [2.05, 4.69) is 31.3 Å². The zero-order valence-electron chi connectivity index (χ0n) is 52.5. The fraction of sp³-hybridized carbons (Fsp3) is 0.926. The van der Waals surface area contributed by atoms with Crippen LogP contribution in [0.2, 0.25) is 0 Å².